The van der Waals surface area contributed by atoms with E-state index in [2.05, 4.69) is 34.7 Å². The van der Waals surface area contributed by atoms with Gasteiger partial charge in [0.25, 0.3) is 5.91 Å². The second-order valence-corrected chi connectivity index (χ2v) is 5.29. The Balaban J connectivity index is 1.82. The first-order valence-corrected chi connectivity index (χ1v) is 7.11. The lowest BCUT2D eigenvalue weighted by Gasteiger charge is -2.11. The summed E-state index contributed by atoms with van der Waals surface area (Å²) in [4.78, 5) is 12.4. The Morgan fingerprint density at radius 3 is 2.82 bits per heavy atom. The van der Waals surface area contributed by atoms with Crippen LogP contribution in [0.5, 0.6) is 0 Å². The highest BCUT2D eigenvalue weighted by molar-refractivity contribution is 6.04. The summed E-state index contributed by atoms with van der Waals surface area (Å²) in [6, 6.07) is 13.2. The van der Waals surface area contributed by atoms with Gasteiger partial charge >= 0.3 is 0 Å². The van der Waals surface area contributed by atoms with Gasteiger partial charge in [-0.05, 0) is 44.2 Å². The summed E-state index contributed by atoms with van der Waals surface area (Å²) in [5, 5.41) is 14.1. The molecule has 0 aliphatic carbocycles. The maximum Gasteiger partial charge on any atom is 0.258 e. The molecule has 0 atom stereocenters. The van der Waals surface area contributed by atoms with Crippen molar-refractivity contribution in [3.8, 4) is 0 Å². The quantitative estimate of drug-likeness (QED) is 0.776. The van der Waals surface area contributed by atoms with Gasteiger partial charge in [0.2, 0.25) is 5.95 Å². The van der Waals surface area contributed by atoms with E-state index in [-0.39, 0.29) is 5.91 Å². The highest BCUT2D eigenvalue weighted by Gasteiger charge is 2.11. The predicted octanol–water partition coefficient (Wildman–Crippen LogP) is 2.80. The zero-order chi connectivity index (χ0) is 15.5. The predicted molar refractivity (Wildman–Crippen MR) is 86.1 cm³/mol. The number of nitrogens with one attached hydrogen (secondary N) is 2. The molecule has 22 heavy (non-hydrogen) atoms. The topological polar surface area (TPSA) is 71.3 Å². The molecule has 0 fully saturated rings. The third kappa shape index (κ3) is 2.90. The summed E-state index contributed by atoms with van der Waals surface area (Å²) < 4.78 is 1.73. The Morgan fingerprint density at radius 1 is 1.14 bits per heavy atom. The Hall–Kier alpha value is -2.89. The molecule has 112 valence electrons. The monoisotopic (exact) mass is 295 g/mol. The molecule has 2 aromatic heterocycles. The molecule has 6 nitrogen and oxygen atoms in total. The number of fused-ring (bicyclic) bond motifs is 1. The number of amides is 1. The molecule has 0 unspecified atom stereocenters. The van der Waals surface area contributed by atoms with Gasteiger partial charge in [0.1, 0.15) is 0 Å². The first kappa shape index (κ1) is 14.1. The minimum absolute atomic E-state index is 0.217. The number of carbonyl (C=O) groups excluding carboxylic acids is 1. The Morgan fingerprint density at radius 2 is 2.00 bits per heavy atom. The van der Waals surface area contributed by atoms with Crippen LogP contribution >= 0.6 is 0 Å². The number of hydrogen-bond acceptors (Lipinski definition) is 4. The fraction of sp³-hybridized carbons (Fsp3) is 0.188. The van der Waals surface area contributed by atoms with Gasteiger partial charge in [-0.25, -0.2) is 0 Å². The number of rotatable bonds is 4. The van der Waals surface area contributed by atoms with E-state index < -0.39 is 0 Å². The maximum absolute atomic E-state index is 12.4. The fourth-order valence-corrected chi connectivity index (χ4v) is 2.18. The van der Waals surface area contributed by atoms with Gasteiger partial charge in [-0.2, -0.15) is 0 Å². The zero-order valence-electron chi connectivity index (χ0n) is 12.4. The second-order valence-electron chi connectivity index (χ2n) is 5.29. The molecule has 6 heteroatoms. The number of aromatic nitrogens is 3. The summed E-state index contributed by atoms with van der Waals surface area (Å²) in [6.45, 7) is 4.10. The summed E-state index contributed by atoms with van der Waals surface area (Å²) in [5.74, 6) is 0.188. The van der Waals surface area contributed by atoms with Crippen LogP contribution in [0.2, 0.25) is 0 Å². The van der Waals surface area contributed by atoms with Crippen LogP contribution in [0.25, 0.3) is 5.65 Å². The van der Waals surface area contributed by atoms with Crippen LogP contribution in [0, 0.1) is 0 Å². The molecule has 1 amide bonds. The lowest BCUT2D eigenvalue weighted by Crippen LogP contribution is -2.15. The summed E-state index contributed by atoms with van der Waals surface area (Å²) in [5.41, 5.74) is 2.17. The third-order valence-electron chi connectivity index (χ3n) is 3.12. The molecule has 0 bridgehead atoms. The molecule has 0 aliphatic heterocycles. The summed E-state index contributed by atoms with van der Waals surface area (Å²) in [7, 11) is 0. The van der Waals surface area contributed by atoms with Gasteiger partial charge in [0.05, 0.1) is 0 Å². The molecule has 0 radical (unpaired) electrons. The Bertz CT molecular complexity index is 809. The standard InChI is InChI=1S/C16H17N5O/c1-11(2)17-13-7-5-6-12(10-13)15(22)18-16-20-19-14-8-3-4-9-21(14)16/h3-11,17H,1-2H3,(H,18,20,22). The van der Waals surface area contributed by atoms with Gasteiger partial charge in [-0.1, -0.05) is 12.1 Å². The molecule has 2 heterocycles. The van der Waals surface area contributed by atoms with Crippen molar-refractivity contribution >= 4 is 23.2 Å². The molecule has 3 rings (SSSR count). The number of hydrogen-bond donors (Lipinski definition) is 2. The van der Waals surface area contributed by atoms with Crippen LogP contribution in [-0.2, 0) is 0 Å². The maximum atomic E-state index is 12.4. The normalized spacial score (nSPS) is 10.9. The van der Waals surface area contributed by atoms with E-state index in [0.29, 0.717) is 23.2 Å². The highest BCUT2D eigenvalue weighted by Crippen LogP contribution is 2.14. The van der Waals surface area contributed by atoms with E-state index in [1.807, 2.05) is 42.6 Å². The molecule has 0 aliphatic rings. The van der Waals surface area contributed by atoms with Crippen LogP contribution in [0.4, 0.5) is 11.6 Å². The first-order chi connectivity index (χ1) is 10.6. The van der Waals surface area contributed by atoms with Crippen molar-refractivity contribution in [2.24, 2.45) is 0 Å². The van der Waals surface area contributed by atoms with Crippen LogP contribution in [0.3, 0.4) is 0 Å². The van der Waals surface area contributed by atoms with Crippen molar-refractivity contribution in [2.45, 2.75) is 19.9 Å². The lowest BCUT2D eigenvalue weighted by molar-refractivity contribution is 0.102. The Labute approximate surface area is 128 Å². The van der Waals surface area contributed by atoms with Crippen LogP contribution in [-0.4, -0.2) is 26.5 Å². The minimum Gasteiger partial charge on any atom is -0.383 e. The van der Waals surface area contributed by atoms with Gasteiger partial charge in [-0.3, -0.25) is 14.5 Å². The number of carbonyl (C=O) groups is 1. The molecule has 1 aromatic carbocycles. The van der Waals surface area contributed by atoms with Crippen molar-refractivity contribution < 1.29 is 4.79 Å². The first-order valence-electron chi connectivity index (χ1n) is 7.11. The molecule has 3 aromatic rings. The molecule has 0 saturated carbocycles. The average molecular weight is 295 g/mol. The van der Waals surface area contributed by atoms with E-state index in [4.69, 9.17) is 0 Å². The smallest absolute Gasteiger partial charge is 0.258 e. The molecular formula is C16H17N5O. The van der Waals surface area contributed by atoms with E-state index in [1.165, 1.54) is 0 Å². The molecule has 0 spiro atoms. The highest BCUT2D eigenvalue weighted by atomic mass is 16.1. The minimum atomic E-state index is -0.217. The van der Waals surface area contributed by atoms with Gasteiger partial charge in [-0.15, -0.1) is 10.2 Å². The molecule has 2 N–H and O–H groups in total. The van der Waals surface area contributed by atoms with Crippen LogP contribution < -0.4 is 10.6 Å². The van der Waals surface area contributed by atoms with Gasteiger partial charge in [0, 0.05) is 23.5 Å². The number of anilines is 2. The van der Waals surface area contributed by atoms with Gasteiger partial charge < -0.3 is 5.32 Å². The van der Waals surface area contributed by atoms with Crippen molar-refractivity contribution in [3.63, 3.8) is 0 Å². The van der Waals surface area contributed by atoms with E-state index >= 15 is 0 Å². The molecular weight excluding hydrogens is 278 g/mol. The third-order valence-corrected chi connectivity index (χ3v) is 3.12. The van der Waals surface area contributed by atoms with E-state index in [0.717, 1.165) is 5.69 Å². The fourth-order valence-electron chi connectivity index (χ4n) is 2.18. The largest absolute Gasteiger partial charge is 0.383 e. The SMILES string of the molecule is CC(C)Nc1cccc(C(=O)Nc2nnc3ccccn23)c1. The van der Waals surface area contributed by atoms with Crippen molar-refractivity contribution in [1.29, 1.82) is 0 Å². The number of pyridine rings is 1. The number of benzene rings is 1. The zero-order valence-corrected chi connectivity index (χ0v) is 12.4. The average Bonchev–Trinajstić information content (AvgIpc) is 2.90. The molecule has 0 saturated heterocycles. The van der Waals surface area contributed by atoms with E-state index in [9.17, 15) is 4.79 Å². The lowest BCUT2D eigenvalue weighted by atomic mass is 10.2. The van der Waals surface area contributed by atoms with Crippen molar-refractivity contribution in [1.82, 2.24) is 14.6 Å². The van der Waals surface area contributed by atoms with E-state index in [1.54, 1.807) is 10.5 Å². The van der Waals surface area contributed by atoms with Crippen molar-refractivity contribution in [2.75, 3.05) is 10.6 Å². The van der Waals surface area contributed by atoms with Crippen LogP contribution in [0.15, 0.2) is 48.7 Å². The Kier molecular flexibility index (Phi) is 3.74. The summed E-state index contributed by atoms with van der Waals surface area (Å²) >= 11 is 0. The second kappa shape index (κ2) is 5.85. The van der Waals surface area contributed by atoms with Crippen molar-refractivity contribution in [3.05, 3.63) is 54.2 Å². The number of nitrogens with zero attached hydrogens (tertiary/aromatic N) is 3. The summed E-state index contributed by atoms with van der Waals surface area (Å²) in [6.07, 6.45) is 1.81. The van der Waals surface area contributed by atoms with Gasteiger partial charge in [0.15, 0.2) is 5.65 Å². The van der Waals surface area contributed by atoms with Crippen LogP contribution in [0.1, 0.15) is 24.2 Å².